The number of fused-ring (bicyclic) bond motifs is 5. The molecule has 6 heteroatoms. The van der Waals surface area contributed by atoms with Crippen LogP contribution in [0.1, 0.15) is 20.7 Å². The standard InChI is InChI=1S/C21H14ClN3O2/c1-23-10-6-7-15-13(8-10)17-16(24-15)9-12(11-4-2-3-5-14(11)22)18-19(17)21(27)25-20(18)26/h2-9,23-24H,1H3,(H,25,26,27). The lowest BCUT2D eigenvalue weighted by Gasteiger charge is -2.10. The van der Waals surface area contributed by atoms with Crippen LogP contribution in [0.15, 0.2) is 48.5 Å². The molecule has 4 aromatic rings. The van der Waals surface area contributed by atoms with Gasteiger partial charge in [-0.3, -0.25) is 14.9 Å². The zero-order valence-corrected chi connectivity index (χ0v) is 15.1. The fourth-order valence-corrected chi connectivity index (χ4v) is 4.04. The minimum atomic E-state index is -0.397. The quantitative estimate of drug-likeness (QED) is 0.449. The van der Waals surface area contributed by atoms with E-state index in [9.17, 15) is 9.59 Å². The van der Waals surface area contributed by atoms with Crippen LogP contribution in [-0.2, 0) is 0 Å². The molecule has 1 aromatic heterocycles. The number of halogens is 1. The first-order valence-corrected chi connectivity index (χ1v) is 8.87. The average Bonchev–Trinajstić information content (AvgIpc) is 3.17. The highest BCUT2D eigenvalue weighted by Crippen LogP contribution is 2.41. The minimum absolute atomic E-state index is 0.372. The summed E-state index contributed by atoms with van der Waals surface area (Å²) in [5.74, 6) is -0.782. The molecule has 1 aliphatic heterocycles. The number of carbonyl (C=O) groups is 2. The second kappa shape index (κ2) is 5.59. The third kappa shape index (κ3) is 2.18. The highest BCUT2D eigenvalue weighted by atomic mass is 35.5. The lowest BCUT2D eigenvalue weighted by Crippen LogP contribution is -2.20. The molecule has 1 aliphatic rings. The molecule has 0 unspecified atom stereocenters. The Morgan fingerprint density at radius 3 is 2.44 bits per heavy atom. The Labute approximate surface area is 159 Å². The second-order valence-corrected chi connectivity index (χ2v) is 6.90. The van der Waals surface area contributed by atoms with E-state index in [4.69, 9.17) is 11.6 Å². The molecule has 0 atom stereocenters. The maximum absolute atomic E-state index is 12.7. The molecule has 0 spiro atoms. The number of H-pyrrole nitrogens is 1. The van der Waals surface area contributed by atoms with Gasteiger partial charge >= 0.3 is 0 Å². The van der Waals surface area contributed by atoms with Crippen molar-refractivity contribution in [3.05, 3.63) is 64.7 Å². The van der Waals surface area contributed by atoms with E-state index in [0.717, 1.165) is 33.1 Å². The van der Waals surface area contributed by atoms with Gasteiger partial charge in [-0.15, -0.1) is 0 Å². The van der Waals surface area contributed by atoms with E-state index in [0.29, 0.717) is 21.7 Å². The van der Waals surface area contributed by atoms with E-state index in [2.05, 4.69) is 15.6 Å². The van der Waals surface area contributed by atoms with Gasteiger partial charge in [-0.1, -0.05) is 29.8 Å². The number of hydrogen-bond acceptors (Lipinski definition) is 3. The number of amides is 2. The van der Waals surface area contributed by atoms with E-state index in [-0.39, 0.29) is 5.91 Å². The van der Waals surface area contributed by atoms with Crippen LogP contribution in [0.4, 0.5) is 5.69 Å². The first kappa shape index (κ1) is 15.9. The van der Waals surface area contributed by atoms with Crippen molar-refractivity contribution >= 4 is 50.9 Å². The van der Waals surface area contributed by atoms with Crippen LogP contribution in [0.5, 0.6) is 0 Å². The van der Waals surface area contributed by atoms with Gasteiger partial charge in [0.1, 0.15) is 0 Å². The molecule has 132 valence electrons. The maximum atomic E-state index is 12.7. The van der Waals surface area contributed by atoms with Gasteiger partial charge in [-0.25, -0.2) is 0 Å². The highest BCUT2D eigenvalue weighted by Gasteiger charge is 2.34. The van der Waals surface area contributed by atoms with Crippen LogP contribution in [0.3, 0.4) is 0 Å². The molecule has 3 aromatic carbocycles. The Hall–Kier alpha value is -3.31. The molecule has 27 heavy (non-hydrogen) atoms. The van der Waals surface area contributed by atoms with Crippen molar-refractivity contribution in [3.8, 4) is 11.1 Å². The Morgan fingerprint density at radius 2 is 1.67 bits per heavy atom. The predicted octanol–water partition coefficient (Wildman–Crippen LogP) is 4.57. The summed E-state index contributed by atoms with van der Waals surface area (Å²) in [5.41, 5.74) is 4.75. The molecule has 5 rings (SSSR count). The summed E-state index contributed by atoms with van der Waals surface area (Å²) >= 11 is 6.38. The number of anilines is 1. The zero-order chi connectivity index (χ0) is 18.7. The number of hydrogen-bond donors (Lipinski definition) is 3. The maximum Gasteiger partial charge on any atom is 0.259 e. The number of aromatic nitrogens is 1. The van der Waals surface area contributed by atoms with Crippen LogP contribution in [0.25, 0.3) is 32.9 Å². The molecular weight excluding hydrogens is 362 g/mol. The molecule has 3 N–H and O–H groups in total. The van der Waals surface area contributed by atoms with Gasteiger partial charge in [-0.05, 0) is 35.9 Å². The Bertz CT molecular complexity index is 1290. The monoisotopic (exact) mass is 375 g/mol. The molecule has 0 radical (unpaired) electrons. The van der Waals surface area contributed by atoms with E-state index < -0.39 is 5.91 Å². The van der Waals surface area contributed by atoms with Crippen molar-refractivity contribution in [2.75, 3.05) is 12.4 Å². The molecule has 0 saturated carbocycles. The number of aromatic amines is 1. The van der Waals surface area contributed by atoms with Gasteiger partial charge in [0.2, 0.25) is 0 Å². The van der Waals surface area contributed by atoms with Crippen molar-refractivity contribution in [2.45, 2.75) is 0 Å². The highest BCUT2D eigenvalue weighted by molar-refractivity contribution is 6.36. The predicted molar refractivity (Wildman–Crippen MR) is 108 cm³/mol. The topological polar surface area (TPSA) is 74.0 Å². The summed E-state index contributed by atoms with van der Waals surface area (Å²) in [6, 6.07) is 15.1. The molecule has 2 amide bonds. The van der Waals surface area contributed by atoms with Crippen molar-refractivity contribution in [1.29, 1.82) is 0 Å². The molecule has 5 nitrogen and oxygen atoms in total. The Kier molecular flexibility index (Phi) is 3.29. The van der Waals surface area contributed by atoms with Gasteiger partial charge in [0, 0.05) is 45.1 Å². The first-order chi connectivity index (χ1) is 13.1. The van der Waals surface area contributed by atoms with Gasteiger partial charge in [0.15, 0.2) is 0 Å². The minimum Gasteiger partial charge on any atom is -0.388 e. The second-order valence-electron chi connectivity index (χ2n) is 6.50. The largest absolute Gasteiger partial charge is 0.388 e. The third-order valence-corrected chi connectivity index (χ3v) is 5.35. The molecular formula is C21H14ClN3O2. The number of benzene rings is 3. The molecule has 0 fully saturated rings. The Balaban J connectivity index is 1.97. The summed E-state index contributed by atoms with van der Waals surface area (Å²) in [6.45, 7) is 0. The molecule has 0 bridgehead atoms. The summed E-state index contributed by atoms with van der Waals surface area (Å²) < 4.78 is 0. The molecule has 2 heterocycles. The summed E-state index contributed by atoms with van der Waals surface area (Å²) in [5, 5.41) is 7.71. The Morgan fingerprint density at radius 1 is 0.889 bits per heavy atom. The van der Waals surface area contributed by atoms with Crippen molar-refractivity contribution < 1.29 is 9.59 Å². The van der Waals surface area contributed by atoms with Gasteiger partial charge in [0.25, 0.3) is 11.8 Å². The molecule has 0 aliphatic carbocycles. The number of carbonyl (C=O) groups excluding carboxylic acids is 2. The SMILES string of the molecule is CNc1ccc2[nH]c3cc(-c4ccccc4Cl)c4c(c3c2c1)C(=O)NC4=O. The summed E-state index contributed by atoms with van der Waals surface area (Å²) in [4.78, 5) is 28.6. The smallest absolute Gasteiger partial charge is 0.259 e. The first-order valence-electron chi connectivity index (χ1n) is 8.49. The van der Waals surface area contributed by atoms with Gasteiger partial charge in [-0.2, -0.15) is 0 Å². The van der Waals surface area contributed by atoms with E-state index in [1.54, 1.807) is 6.07 Å². The fourth-order valence-electron chi connectivity index (χ4n) is 3.81. The van der Waals surface area contributed by atoms with E-state index >= 15 is 0 Å². The van der Waals surface area contributed by atoms with Gasteiger partial charge in [0.05, 0.1) is 11.1 Å². The van der Waals surface area contributed by atoms with E-state index in [1.165, 1.54) is 0 Å². The van der Waals surface area contributed by atoms with Crippen LogP contribution in [0, 0.1) is 0 Å². The van der Waals surface area contributed by atoms with Crippen molar-refractivity contribution in [1.82, 2.24) is 10.3 Å². The number of imide groups is 1. The van der Waals surface area contributed by atoms with E-state index in [1.807, 2.05) is 49.5 Å². The summed E-state index contributed by atoms with van der Waals surface area (Å²) in [6.07, 6.45) is 0. The lowest BCUT2D eigenvalue weighted by atomic mass is 9.93. The van der Waals surface area contributed by atoms with Crippen LogP contribution < -0.4 is 10.6 Å². The fraction of sp³-hybridized carbons (Fsp3) is 0.0476. The summed E-state index contributed by atoms with van der Waals surface area (Å²) in [7, 11) is 1.84. The van der Waals surface area contributed by atoms with Crippen LogP contribution in [0.2, 0.25) is 5.02 Å². The third-order valence-electron chi connectivity index (χ3n) is 5.02. The van der Waals surface area contributed by atoms with Crippen molar-refractivity contribution in [3.63, 3.8) is 0 Å². The number of nitrogens with one attached hydrogen (secondary N) is 3. The lowest BCUT2D eigenvalue weighted by molar-refractivity contribution is 0.0880. The number of rotatable bonds is 2. The van der Waals surface area contributed by atoms with Gasteiger partial charge < -0.3 is 10.3 Å². The molecule has 0 saturated heterocycles. The van der Waals surface area contributed by atoms with Crippen LogP contribution >= 0.6 is 11.6 Å². The normalized spacial score (nSPS) is 13.3. The average molecular weight is 376 g/mol. The van der Waals surface area contributed by atoms with Crippen molar-refractivity contribution in [2.24, 2.45) is 0 Å². The zero-order valence-electron chi connectivity index (χ0n) is 14.3. The van der Waals surface area contributed by atoms with Crippen LogP contribution in [-0.4, -0.2) is 23.8 Å².